The molecule has 6 bridgehead atoms. The van der Waals surface area contributed by atoms with Crippen LogP contribution in [0.5, 0.6) is 0 Å². The van der Waals surface area contributed by atoms with Crippen LogP contribution in [0, 0.1) is 0 Å². The Morgan fingerprint density at radius 3 is 1.68 bits per heavy atom. The first kappa shape index (κ1) is 26.3. The molecule has 200 valence electrons. The summed E-state index contributed by atoms with van der Waals surface area (Å²) in [6.07, 6.45) is -0.702. The van der Waals surface area contributed by atoms with Gasteiger partial charge in [0.1, 0.15) is 44.7 Å². The van der Waals surface area contributed by atoms with Crippen molar-refractivity contribution in [3.63, 3.8) is 0 Å². The Balaban J connectivity index is 1.79. The Hall–Kier alpha value is -2.65. The van der Waals surface area contributed by atoms with Gasteiger partial charge in [0.15, 0.2) is 53.5 Å². The number of rotatable bonds is 1. The normalized spacial score (nSPS) is 12.7. The van der Waals surface area contributed by atoms with Crippen molar-refractivity contribution in [1.29, 1.82) is 0 Å². The van der Waals surface area contributed by atoms with Gasteiger partial charge >= 0.3 is 6.26 Å². The molecule has 0 amide bonds. The number of fused-ring (bicyclic) bond motifs is 15. The summed E-state index contributed by atoms with van der Waals surface area (Å²) in [6, 6.07) is 0. The molecule has 0 fully saturated rings. The van der Waals surface area contributed by atoms with E-state index in [-0.39, 0.29) is 58.7 Å². The van der Waals surface area contributed by atoms with Crippen LogP contribution >= 0.6 is 81.1 Å². The second-order valence-electron chi connectivity index (χ2n) is 8.53. The minimum atomic E-state index is -0.702. The third-order valence-corrected chi connectivity index (χ3v) is 8.21. The number of anilines is 2. The van der Waals surface area contributed by atoms with Gasteiger partial charge in [-0.3, -0.25) is 0 Å². The third-order valence-electron chi connectivity index (χ3n) is 6.15. The van der Waals surface area contributed by atoms with Crippen LogP contribution in [0.1, 0.15) is 0 Å². The van der Waals surface area contributed by atoms with E-state index in [4.69, 9.17) is 91.1 Å². The largest absolute Gasteiger partial charge is 0.365 e. The van der Waals surface area contributed by atoms with Crippen molar-refractivity contribution in [2.75, 3.05) is 5.32 Å². The van der Waals surface area contributed by atoms with E-state index in [1.165, 1.54) is 0 Å². The van der Waals surface area contributed by atoms with Crippen molar-refractivity contribution in [2.45, 2.75) is 6.82 Å². The van der Waals surface area contributed by atoms with Gasteiger partial charge in [-0.25, -0.2) is 39.9 Å². The molecule has 6 aromatic heterocycles. The number of halogens is 7. The molecule has 1 aliphatic rings. The van der Waals surface area contributed by atoms with Gasteiger partial charge in [0.2, 0.25) is 0 Å². The quantitative estimate of drug-likeness (QED) is 0.202. The van der Waals surface area contributed by atoms with Crippen molar-refractivity contribution < 1.29 is 0 Å². The molecule has 12 nitrogen and oxygen atoms in total. The summed E-state index contributed by atoms with van der Waals surface area (Å²) < 4.78 is 3.33. The third kappa shape index (κ3) is 3.76. The predicted octanol–water partition coefficient (Wildman–Crippen LogP) is 6.07. The highest BCUT2D eigenvalue weighted by Crippen LogP contribution is 2.40. The van der Waals surface area contributed by atoms with Crippen molar-refractivity contribution in [2.24, 2.45) is 17.0 Å². The van der Waals surface area contributed by atoms with Crippen molar-refractivity contribution >= 4 is 144 Å². The number of aromatic amines is 1. The first-order chi connectivity index (χ1) is 19.0. The fourth-order valence-corrected chi connectivity index (χ4v) is 5.41. The Bertz CT molecular complexity index is 2220. The van der Waals surface area contributed by atoms with Crippen LogP contribution < -0.4 is 16.3 Å². The molecule has 6 aromatic rings. The maximum absolute atomic E-state index is 6.71. The van der Waals surface area contributed by atoms with Gasteiger partial charge < -0.3 is 19.3 Å². The lowest BCUT2D eigenvalue weighted by molar-refractivity contribution is 0.912. The molecule has 0 radical (unpaired) electrons. The van der Waals surface area contributed by atoms with E-state index in [1.807, 2.05) is 0 Å². The molecular formula is C20H8BCl7N12. The van der Waals surface area contributed by atoms with Gasteiger partial charge in [-0.2, -0.15) is 11.5 Å². The Morgan fingerprint density at radius 2 is 1.10 bits per heavy atom. The van der Waals surface area contributed by atoms with Crippen LogP contribution in [0.4, 0.5) is 23.3 Å². The molecule has 1 aliphatic heterocycles. The monoisotopic (exact) mass is 672 g/mol. The van der Waals surface area contributed by atoms with Crippen LogP contribution in [0.15, 0.2) is 9.98 Å². The maximum Gasteiger partial charge on any atom is 0.365 e. The summed E-state index contributed by atoms with van der Waals surface area (Å²) in [5.74, 6) is 1.41. The summed E-state index contributed by atoms with van der Waals surface area (Å²) in [5.41, 5.74) is 2.41. The van der Waals surface area contributed by atoms with Gasteiger partial charge in [0.05, 0.1) is 0 Å². The van der Waals surface area contributed by atoms with Crippen LogP contribution in [0.3, 0.4) is 0 Å². The molecule has 0 spiro atoms. The van der Waals surface area contributed by atoms with Gasteiger partial charge in [-0.1, -0.05) is 69.6 Å². The highest BCUT2D eigenvalue weighted by atomic mass is 35.5. The Labute approximate surface area is 257 Å². The number of aromatic nitrogens is 9. The molecular weight excluding hydrogens is 667 g/mol. The number of hydrogen-bond donors (Lipinski definition) is 2. The van der Waals surface area contributed by atoms with E-state index in [0.717, 1.165) is 0 Å². The minimum absolute atomic E-state index is 0.00174. The Kier molecular flexibility index (Phi) is 6.03. The van der Waals surface area contributed by atoms with E-state index in [0.29, 0.717) is 39.5 Å². The average Bonchev–Trinajstić information content (AvgIpc) is 3.45. The van der Waals surface area contributed by atoms with E-state index < -0.39 is 6.26 Å². The smallest absolute Gasteiger partial charge is 0.337 e. The fourth-order valence-electron chi connectivity index (χ4n) is 4.46. The highest BCUT2D eigenvalue weighted by Gasteiger charge is 2.27. The summed E-state index contributed by atoms with van der Waals surface area (Å²) in [7, 11) is 1.75. The van der Waals surface area contributed by atoms with E-state index >= 15 is 0 Å². The summed E-state index contributed by atoms with van der Waals surface area (Å²) in [5, 5.41) is 3.17. The van der Waals surface area contributed by atoms with Gasteiger partial charge in [0.25, 0.3) is 0 Å². The average molecular weight is 675 g/mol. The summed E-state index contributed by atoms with van der Waals surface area (Å²) >= 11 is 44.3. The molecule has 0 saturated heterocycles. The molecule has 2 N–H and O–H groups in total. The first-order valence-electron chi connectivity index (χ1n) is 11.1. The van der Waals surface area contributed by atoms with Crippen molar-refractivity contribution in [3.05, 3.63) is 41.9 Å². The summed E-state index contributed by atoms with van der Waals surface area (Å²) in [4.78, 5) is 39.7. The molecule has 7 rings (SSSR count). The minimum Gasteiger partial charge on any atom is -0.337 e. The van der Waals surface area contributed by atoms with E-state index in [1.54, 1.807) is 22.9 Å². The molecule has 7 heterocycles. The highest BCUT2D eigenvalue weighted by molar-refractivity contribution is 7.05. The SMILES string of the molecule is CB(Cl)n1c2c3nc(Cl)c(Cl)nc3c1=Nc1c3nc(Cl)c(Cl)nc3c(n1C)Nc1[nH]c(c3nc(Cl)c(Cl)nc13)N=2. The van der Waals surface area contributed by atoms with Crippen LogP contribution in [-0.4, -0.2) is 50.2 Å². The zero-order valence-corrected chi connectivity index (χ0v) is 25.0. The molecule has 0 aromatic carbocycles. The number of hydrogen-bond acceptors (Lipinski definition) is 9. The molecule has 0 unspecified atom stereocenters. The number of nitrogens with one attached hydrogen (secondary N) is 2. The summed E-state index contributed by atoms with van der Waals surface area (Å²) in [6.45, 7) is 1.73. The fraction of sp³-hybridized carbons (Fsp3) is 0.100. The van der Waals surface area contributed by atoms with Crippen LogP contribution in [0.2, 0.25) is 37.7 Å². The van der Waals surface area contributed by atoms with Crippen molar-refractivity contribution in [1.82, 2.24) is 43.9 Å². The van der Waals surface area contributed by atoms with Gasteiger partial charge in [-0.05, 0) is 6.82 Å². The lowest BCUT2D eigenvalue weighted by Crippen LogP contribution is -2.35. The van der Waals surface area contributed by atoms with E-state index in [2.05, 4.69) is 40.2 Å². The van der Waals surface area contributed by atoms with Gasteiger partial charge in [-0.15, -0.1) is 0 Å². The standard InChI is InChI=1S/C20H8BCl7N12/c1-21(28)40-19-7-8(34-14(27)13(26)33-7)20(40)38-18-6-5(31-11(24)12(25)32-6)17(39(18)2)36-15-3-4(16(35-15)37-19)30-10(23)9(22)29-3/h35-36H,1-2H3. The molecule has 40 heavy (non-hydrogen) atoms. The zero-order valence-electron chi connectivity index (χ0n) is 19.7. The number of H-pyrrole nitrogens is 1. The Morgan fingerprint density at radius 1 is 0.625 bits per heavy atom. The molecule has 0 atom stereocenters. The van der Waals surface area contributed by atoms with Crippen LogP contribution in [-0.2, 0) is 7.05 Å². The van der Waals surface area contributed by atoms with Crippen molar-refractivity contribution in [3.8, 4) is 0 Å². The lowest BCUT2D eigenvalue weighted by atomic mass is 9.97. The lowest BCUT2D eigenvalue weighted by Gasteiger charge is -2.08. The predicted molar refractivity (Wildman–Crippen MR) is 158 cm³/mol. The number of nitrogens with zero attached hydrogens (tertiary/aromatic N) is 10. The maximum atomic E-state index is 6.71. The molecule has 0 saturated carbocycles. The van der Waals surface area contributed by atoms with Crippen LogP contribution in [0.25, 0.3) is 33.1 Å². The zero-order chi connectivity index (χ0) is 28.2. The second-order valence-corrected chi connectivity index (χ2v) is 11.3. The van der Waals surface area contributed by atoms with Gasteiger partial charge in [0, 0.05) is 7.05 Å². The van der Waals surface area contributed by atoms with E-state index in [9.17, 15) is 0 Å². The molecule has 20 heteroatoms. The topological polar surface area (TPSA) is 140 Å². The second kappa shape index (κ2) is 9.18. The molecule has 0 aliphatic carbocycles. The first-order valence-corrected chi connectivity index (χ1v) is 13.8.